The van der Waals surface area contributed by atoms with E-state index in [2.05, 4.69) is 9.88 Å². The zero-order valence-corrected chi connectivity index (χ0v) is 12.2. The number of thiazole rings is 1. The Hall–Kier alpha value is -1.99. The van der Waals surface area contributed by atoms with Gasteiger partial charge in [0.15, 0.2) is 0 Å². The lowest BCUT2D eigenvalue weighted by molar-refractivity contribution is -0.384. The smallest absolute Gasteiger partial charge is 0.292 e. The quantitative estimate of drug-likeness (QED) is 0.520. The minimum Gasteiger partial charge on any atom is -0.393 e. The second-order valence-electron chi connectivity index (χ2n) is 4.68. The van der Waals surface area contributed by atoms with Crippen molar-refractivity contribution in [3.05, 3.63) is 50.0 Å². The molecule has 0 spiro atoms. The second-order valence-corrected chi connectivity index (χ2v) is 5.62. The van der Waals surface area contributed by atoms with Gasteiger partial charge in [-0.1, -0.05) is 6.07 Å². The Morgan fingerprint density at radius 1 is 1.45 bits per heavy atom. The number of nitrogens with two attached hydrogens (primary N) is 1. The molecule has 0 aliphatic carbocycles. The van der Waals surface area contributed by atoms with Crippen molar-refractivity contribution in [1.82, 2.24) is 9.88 Å². The van der Waals surface area contributed by atoms with Crippen molar-refractivity contribution in [1.29, 1.82) is 0 Å². The van der Waals surface area contributed by atoms with Crippen molar-refractivity contribution < 1.29 is 4.92 Å². The molecular weight excluding hydrogens is 276 g/mol. The normalized spacial score (nSPS) is 10.9. The van der Waals surface area contributed by atoms with E-state index in [1.54, 1.807) is 17.4 Å². The monoisotopic (exact) mass is 292 g/mol. The molecule has 0 saturated heterocycles. The summed E-state index contributed by atoms with van der Waals surface area (Å²) in [6.07, 6.45) is 0. The van der Waals surface area contributed by atoms with Crippen LogP contribution in [-0.2, 0) is 13.1 Å². The Morgan fingerprint density at radius 2 is 2.20 bits per heavy atom. The molecule has 20 heavy (non-hydrogen) atoms. The van der Waals surface area contributed by atoms with Gasteiger partial charge in [0.2, 0.25) is 0 Å². The summed E-state index contributed by atoms with van der Waals surface area (Å²) < 4.78 is 0. The molecule has 0 bridgehead atoms. The van der Waals surface area contributed by atoms with Crippen LogP contribution in [0.3, 0.4) is 0 Å². The van der Waals surface area contributed by atoms with Crippen molar-refractivity contribution in [3.8, 4) is 0 Å². The SMILES string of the molecule is Cc1ncsc1CN(C)Cc1ccc(N)c([N+](=O)[O-])c1. The van der Waals surface area contributed by atoms with Crippen LogP contribution in [0.15, 0.2) is 23.7 Å². The number of aromatic nitrogens is 1. The lowest BCUT2D eigenvalue weighted by Crippen LogP contribution is -2.17. The van der Waals surface area contributed by atoms with Crippen molar-refractivity contribution in [3.63, 3.8) is 0 Å². The molecule has 6 nitrogen and oxygen atoms in total. The number of rotatable bonds is 5. The first-order chi connectivity index (χ1) is 9.47. The zero-order chi connectivity index (χ0) is 14.7. The van der Waals surface area contributed by atoms with Gasteiger partial charge in [-0.3, -0.25) is 15.0 Å². The number of nitrogen functional groups attached to an aromatic ring is 1. The summed E-state index contributed by atoms with van der Waals surface area (Å²) in [6, 6.07) is 4.93. The van der Waals surface area contributed by atoms with Crippen LogP contribution < -0.4 is 5.73 Å². The van der Waals surface area contributed by atoms with E-state index in [1.165, 1.54) is 10.9 Å². The molecule has 2 aromatic rings. The van der Waals surface area contributed by atoms with E-state index in [9.17, 15) is 10.1 Å². The van der Waals surface area contributed by atoms with Crippen molar-refractivity contribution in [2.45, 2.75) is 20.0 Å². The molecule has 0 atom stereocenters. The fourth-order valence-corrected chi connectivity index (χ4v) is 2.79. The van der Waals surface area contributed by atoms with Crippen molar-refractivity contribution in [2.75, 3.05) is 12.8 Å². The molecule has 106 valence electrons. The number of aryl methyl sites for hydroxylation is 1. The highest BCUT2D eigenvalue weighted by Gasteiger charge is 2.13. The Balaban J connectivity index is 2.08. The molecular formula is C13H16N4O2S. The fraction of sp³-hybridized carbons (Fsp3) is 0.308. The first kappa shape index (κ1) is 14.4. The van der Waals surface area contributed by atoms with Crippen LogP contribution in [0.4, 0.5) is 11.4 Å². The molecule has 2 rings (SSSR count). The lowest BCUT2D eigenvalue weighted by atomic mass is 10.1. The zero-order valence-electron chi connectivity index (χ0n) is 11.4. The number of anilines is 1. The largest absolute Gasteiger partial charge is 0.393 e. The molecule has 0 fully saturated rings. The summed E-state index contributed by atoms with van der Waals surface area (Å²) in [4.78, 5) is 17.9. The predicted octanol–water partition coefficient (Wildman–Crippen LogP) is 2.57. The number of nitro groups is 1. The van der Waals surface area contributed by atoms with Gasteiger partial charge >= 0.3 is 0 Å². The molecule has 1 aromatic carbocycles. The maximum Gasteiger partial charge on any atom is 0.292 e. The van der Waals surface area contributed by atoms with Gasteiger partial charge in [0.1, 0.15) is 5.69 Å². The highest BCUT2D eigenvalue weighted by molar-refractivity contribution is 7.09. The summed E-state index contributed by atoms with van der Waals surface area (Å²) in [5.74, 6) is 0. The van der Waals surface area contributed by atoms with Crippen LogP contribution >= 0.6 is 11.3 Å². The summed E-state index contributed by atoms with van der Waals surface area (Å²) in [6.45, 7) is 3.38. The van der Waals surface area contributed by atoms with E-state index in [4.69, 9.17) is 5.73 Å². The Bertz CT molecular complexity index is 627. The fourth-order valence-electron chi connectivity index (χ4n) is 1.94. The van der Waals surface area contributed by atoms with Gasteiger partial charge in [-0.2, -0.15) is 0 Å². The molecule has 0 aliphatic heterocycles. The third-order valence-electron chi connectivity index (χ3n) is 3.00. The van der Waals surface area contributed by atoms with E-state index in [1.807, 2.05) is 25.5 Å². The van der Waals surface area contributed by atoms with E-state index in [0.29, 0.717) is 6.54 Å². The molecule has 0 amide bonds. The average Bonchev–Trinajstić information content (AvgIpc) is 2.77. The van der Waals surface area contributed by atoms with Gasteiger partial charge in [0, 0.05) is 24.0 Å². The number of nitro benzene ring substituents is 1. The first-order valence-corrected chi connectivity index (χ1v) is 6.95. The van der Waals surface area contributed by atoms with Crippen molar-refractivity contribution in [2.24, 2.45) is 0 Å². The standard InChI is InChI=1S/C13H16N4O2S/c1-9-13(20-8-15-9)7-16(2)6-10-3-4-11(14)12(5-10)17(18)19/h3-5,8H,6-7,14H2,1-2H3. The first-order valence-electron chi connectivity index (χ1n) is 6.07. The van der Waals surface area contributed by atoms with E-state index in [-0.39, 0.29) is 11.4 Å². The molecule has 1 aromatic heterocycles. The molecule has 0 aliphatic rings. The average molecular weight is 292 g/mol. The highest BCUT2D eigenvalue weighted by Crippen LogP contribution is 2.23. The van der Waals surface area contributed by atoms with Crippen LogP contribution in [0, 0.1) is 17.0 Å². The number of hydrogen-bond donors (Lipinski definition) is 1. The number of nitrogens with zero attached hydrogens (tertiary/aromatic N) is 3. The van der Waals surface area contributed by atoms with Crippen LogP contribution in [-0.4, -0.2) is 21.9 Å². The van der Waals surface area contributed by atoms with Crippen LogP contribution in [0.25, 0.3) is 0 Å². The Morgan fingerprint density at radius 3 is 2.80 bits per heavy atom. The van der Waals surface area contributed by atoms with Crippen LogP contribution in [0.2, 0.25) is 0 Å². The lowest BCUT2D eigenvalue weighted by Gasteiger charge is -2.16. The van der Waals surface area contributed by atoms with Gasteiger partial charge in [0.25, 0.3) is 5.69 Å². The van der Waals surface area contributed by atoms with Gasteiger partial charge < -0.3 is 5.73 Å². The minimum atomic E-state index is -0.452. The predicted molar refractivity (Wildman–Crippen MR) is 79.5 cm³/mol. The molecule has 2 N–H and O–H groups in total. The maximum absolute atomic E-state index is 10.9. The molecule has 7 heteroatoms. The summed E-state index contributed by atoms with van der Waals surface area (Å²) >= 11 is 1.62. The van der Waals surface area contributed by atoms with E-state index < -0.39 is 4.92 Å². The summed E-state index contributed by atoms with van der Waals surface area (Å²) in [5.41, 5.74) is 9.48. The van der Waals surface area contributed by atoms with Crippen molar-refractivity contribution >= 4 is 22.7 Å². The van der Waals surface area contributed by atoms with Gasteiger partial charge in [-0.15, -0.1) is 11.3 Å². The van der Waals surface area contributed by atoms with Gasteiger partial charge in [-0.25, -0.2) is 4.98 Å². The Labute approximate surface area is 121 Å². The van der Waals surface area contributed by atoms with E-state index >= 15 is 0 Å². The highest BCUT2D eigenvalue weighted by atomic mass is 32.1. The minimum absolute atomic E-state index is 0.0372. The third kappa shape index (κ3) is 3.31. The Kier molecular flexibility index (Phi) is 4.31. The number of benzene rings is 1. The molecule has 0 unspecified atom stereocenters. The molecule has 0 saturated carbocycles. The van der Waals surface area contributed by atoms with Gasteiger partial charge in [-0.05, 0) is 25.6 Å². The number of hydrogen-bond acceptors (Lipinski definition) is 6. The second kappa shape index (κ2) is 5.98. The summed E-state index contributed by atoms with van der Waals surface area (Å²) in [7, 11) is 1.97. The molecule has 1 heterocycles. The maximum atomic E-state index is 10.9. The van der Waals surface area contributed by atoms with E-state index in [0.717, 1.165) is 17.8 Å². The van der Waals surface area contributed by atoms with Crippen LogP contribution in [0.5, 0.6) is 0 Å². The third-order valence-corrected chi connectivity index (χ3v) is 3.92. The summed E-state index contributed by atoms with van der Waals surface area (Å²) in [5, 5.41) is 10.9. The van der Waals surface area contributed by atoms with Gasteiger partial charge in [0.05, 0.1) is 16.1 Å². The molecule has 0 radical (unpaired) electrons. The topological polar surface area (TPSA) is 85.3 Å². The van der Waals surface area contributed by atoms with Crippen LogP contribution in [0.1, 0.15) is 16.1 Å².